The van der Waals surface area contributed by atoms with Gasteiger partial charge in [-0.15, -0.1) is 0 Å². The van der Waals surface area contributed by atoms with E-state index in [-0.39, 0.29) is 16.9 Å². The Balaban J connectivity index is 2.27. The summed E-state index contributed by atoms with van der Waals surface area (Å²) in [4.78, 5) is 0. The highest BCUT2D eigenvalue weighted by Gasteiger charge is 2.13. The molecule has 0 aliphatic heterocycles. The van der Waals surface area contributed by atoms with E-state index in [0.717, 1.165) is 23.2 Å². The summed E-state index contributed by atoms with van der Waals surface area (Å²) in [6, 6.07) is 9.64. The van der Waals surface area contributed by atoms with Crippen LogP contribution in [0.15, 0.2) is 36.4 Å². The topological polar surface area (TPSA) is 12.0 Å². The molecule has 1 unspecified atom stereocenters. The van der Waals surface area contributed by atoms with Crippen molar-refractivity contribution in [1.82, 2.24) is 5.32 Å². The first-order valence-electron chi connectivity index (χ1n) is 6.94. The van der Waals surface area contributed by atoms with Crippen molar-refractivity contribution in [1.29, 1.82) is 0 Å². The maximum absolute atomic E-state index is 13.6. The van der Waals surface area contributed by atoms with Crippen LogP contribution in [0.4, 0.5) is 8.78 Å². The maximum Gasteiger partial charge on any atom is 0.141 e. The Morgan fingerprint density at radius 1 is 1.14 bits per heavy atom. The summed E-state index contributed by atoms with van der Waals surface area (Å²) >= 11 is 5.82. The molecule has 2 aromatic carbocycles. The first kappa shape index (κ1) is 15.9. The molecule has 0 saturated carbocycles. The molecule has 1 N–H and O–H groups in total. The number of aryl methyl sites for hydroxylation is 1. The van der Waals surface area contributed by atoms with Gasteiger partial charge in [0.05, 0.1) is 5.02 Å². The summed E-state index contributed by atoms with van der Waals surface area (Å²) < 4.78 is 26.8. The molecule has 0 aromatic heterocycles. The van der Waals surface area contributed by atoms with Gasteiger partial charge in [-0.1, -0.05) is 30.7 Å². The summed E-state index contributed by atoms with van der Waals surface area (Å²) in [7, 11) is 0. The van der Waals surface area contributed by atoms with Gasteiger partial charge in [0, 0.05) is 6.04 Å². The highest BCUT2D eigenvalue weighted by molar-refractivity contribution is 6.30. The van der Waals surface area contributed by atoms with Crippen molar-refractivity contribution >= 4 is 11.6 Å². The van der Waals surface area contributed by atoms with Crippen LogP contribution < -0.4 is 5.32 Å². The number of rotatable bonds is 5. The second kappa shape index (κ2) is 7.01. The molecule has 0 fully saturated rings. The van der Waals surface area contributed by atoms with E-state index in [1.54, 1.807) is 12.1 Å². The van der Waals surface area contributed by atoms with Gasteiger partial charge in [-0.05, 0) is 60.8 Å². The van der Waals surface area contributed by atoms with Crippen LogP contribution >= 0.6 is 11.6 Å². The van der Waals surface area contributed by atoms with Gasteiger partial charge in [0.25, 0.3) is 0 Å². The fraction of sp³-hybridized carbons (Fsp3) is 0.294. The summed E-state index contributed by atoms with van der Waals surface area (Å²) in [5.74, 6) is -0.674. The SMILES string of the molecule is CCNC(Cc1ccc(F)c(Cl)c1)c1cc(C)cc(F)c1. The molecular weight excluding hydrogens is 292 g/mol. The van der Waals surface area contributed by atoms with Crippen LogP contribution in [-0.4, -0.2) is 6.54 Å². The first-order valence-corrected chi connectivity index (χ1v) is 7.31. The van der Waals surface area contributed by atoms with Crippen LogP contribution in [0.25, 0.3) is 0 Å². The lowest BCUT2D eigenvalue weighted by atomic mass is 9.97. The predicted molar refractivity (Wildman–Crippen MR) is 82.7 cm³/mol. The monoisotopic (exact) mass is 309 g/mol. The predicted octanol–water partition coefficient (Wildman–Crippen LogP) is 4.82. The van der Waals surface area contributed by atoms with Crippen LogP contribution in [0.5, 0.6) is 0 Å². The highest BCUT2D eigenvalue weighted by Crippen LogP contribution is 2.23. The summed E-state index contributed by atoms with van der Waals surface area (Å²) in [6.07, 6.45) is 0.622. The molecule has 2 rings (SSSR count). The van der Waals surface area contributed by atoms with Crippen LogP contribution in [0.1, 0.15) is 29.7 Å². The van der Waals surface area contributed by atoms with E-state index in [1.807, 2.05) is 19.9 Å². The van der Waals surface area contributed by atoms with Crippen molar-refractivity contribution in [3.8, 4) is 0 Å². The Labute approximate surface area is 128 Å². The smallest absolute Gasteiger partial charge is 0.141 e. The average Bonchev–Trinajstić information content (AvgIpc) is 2.41. The quantitative estimate of drug-likeness (QED) is 0.835. The first-order chi connectivity index (χ1) is 9.99. The minimum absolute atomic E-state index is 0.0362. The zero-order chi connectivity index (χ0) is 15.4. The van der Waals surface area contributed by atoms with Gasteiger partial charge in [0.1, 0.15) is 11.6 Å². The molecule has 0 bridgehead atoms. The standard InChI is InChI=1S/C17H18ClF2N/c1-3-21-17(13-6-11(2)7-14(19)10-13)9-12-4-5-16(20)15(18)8-12/h4-8,10,17,21H,3,9H2,1-2H3. The Kier molecular flexibility index (Phi) is 5.32. The molecule has 1 nitrogen and oxygen atoms in total. The maximum atomic E-state index is 13.6. The zero-order valence-corrected chi connectivity index (χ0v) is 12.8. The molecule has 21 heavy (non-hydrogen) atoms. The molecular formula is C17H18ClF2N. The molecule has 0 radical (unpaired) electrons. The Bertz CT molecular complexity index is 608. The third-order valence-corrected chi connectivity index (χ3v) is 3.63. The molecule has 0 amide bonds. The molecule has 112 valence electrons. The van der Waals surface area contributed by atoms with E-state index in [4.69, 9.17) is 11.6 Å². The normalized spacial score (nSPS) is 12.4. The van der Waals surface area contributed by atoms with Gasteiger partial charge in [0.2, 0.25) is 0 Å². The van der Waals surface area contributed by atoms with Gasteiger partial charge in [-0.25, -0.2) is 8.78 Å². The molecule has 2 aromatic rings. The number of hydrogen-bond acceptors (Lipinski definition) is 1. The van der Waals surface area contributed by atoms with Gasteiger partial charge >= 0.3 is 0 Å². The van der Waals surface area contributed by atoms with Gasteiger partial charge < -0.3 is 5.32 Å². The second-order valence-electron chi connectivity index (χ2n) is 5.12. The molecule has 0 aliphatic rings. The number of likely N-dealkylation sites (N-methyl/N-ethyl adjacent to an activating group) is 1. The largest absolute Gasteiger partial charge is 0.310 e. The number of halogens is 3. The third-order valence-electron chi connectivity index (χ3n) is 3.34. The van der Waals surface area contributed by atoms with Gasteiger partial charge in [0.15, 0.2) is 0 Å². The van der Waals surface area contributed by atoms with E-state index in [2.05, 4.69) is 5.32 Å². The Morgan fingerprint density at radius 3 is 2.52 bits per heavy atom. The van der Waals surface area contributed by atoms with Crippen LogP contribution in [-0.2, 0) is 6.42 Å². The lowest BCUT2D eigenvalue weighted by Gasteiger charge is -2.19. The molecule has 1 atom stereocenters. The number of hydrogen-bond donors (Lipinski definition) is 1. The van der Waals surface area contributed by atoms with Crippen molar-refractivity contribution in [3.05, 3.63) is 69.7 Å². The zero-order valence-electron chi connectivity index (χ0n) is 12.1. The van der Waals surface area contributed by atoms with Crippen molar-refractivity contribution in [2.45, 2.75) is 26.3 Å². The Morgan fingerprint density at radius 2 is 1.90 bits per heavy atom. The summed E-state index contributed by atoms with van der Waals surface area (Å²) in [6.45, 7) is 4.62. The fourth-order valence-corrected chi connectivity index (χ4v) is 2.63. The van der Waals surface area contributed by atoms with E-state index < -0.39 is 5.82 Å². The van der Waals surface area contributed by atoms with E-state index in [0.29, 0.717) is 6.42 Å². The molecule has 4 heteroatoms. The molecule has 0 heterocycles. The highest BCUT2D eigenvalue weighted by atomic mass is 35.5. The van der Waals surface area contributed by atoms with E-state index in [9.17, 15) is 8.78 Å². The van der Waals surface area contributed by atoms with Crippen molar-refractivity contribution in [2.75, 3.05) is 6.54 Å². The van der Waals surface area contributed by atoms with Gasteiger partial charge in [-0.2, -0.15) is 0 Å². The lowest BCUT2D eigenvalue weighted by Crippen LogP contribution is -2.23. The van der Waals surface area contributed by atoms with Crippen molar-refractivity contribution in [3.63, 3.8) is 0 Å². The van der Waals surface area contributed by atoms with Gasteiger partial charge in [-0.3, -0.25) is 0 Å². The van der Waals surface area contributed by atoms with E-state index in [1.165, 1.54) is 18.2 Å². The fourth-order valence-electron chi connectivity index (χ4n) is 2.42. The molecule has 0 spiro atoms. The van der Waals surface area contributed by atoms with Crippen molar-refractivity contribution < 1.29 is 8.78 Å². The van der Waals surface area contributed by atoms with E-state index >= 15 is 0 Å². The molecule has 0 saturated heterocycles. The second-order valence-corrected chi connectivity index (χ2v) is 5.53. The summed E-state index contributed by atoms with van der Waals surface area (Å²) in [5.41, 5.74) is 2.68. The van der Waals surface area contributed by atoms with Crippen LogP contribution in [0.3, 0.4) is 0 Å². The lowest BCUT2D eigenvalue weighted by molar-refractivity contribution is 0.541. The molecule has 0 aliphatic carbocycles. The number of nitrogens with one attached hydrogen (secondary N) is 1. The third kappa shape index (κ3) is 4.26. The van der Waals surface area contributed by atoms with Crippen LogP contribution in [0, 0.1) is 18.6 Å². The van der Waals surface area contributed by atoms with Crippen molar-refractivity contribution in [2.24, 2.45) is 0 Å². The minimum Gasteiger partial charge on any atom is -0.310 e. The number of benzene rings is 2. The Hall–Kier alpha value is -1.45. The van der Waals surface area contributed by atoms with Crippen LogP contribution in [0.2, 0.25) is 5.02 Å². The summed E-state index contributed by atoms with van der Waals surface area (Å²) in [5, 5.41) is 3.44. The average molecular weight is 310 g/mol. The minimum atomic E-state index is -0.429.